The van der Waals surface area contributed by atoms with E-state index in [-0.39, 0.29) is 42.2 Å². The SMILES string of the molecule is COc1ccc(CN=C(N)Nc2ccccc2OC(F)(F)F)cc1OC.I. The molecule has 2 rings (SSSR count). The third-order valence-electron chi connectivity index (χ3n) is 3.26. The van der Waals surface area contributed by atoms with E-state index in [4.69, 9.17) is 15.2 Å². The van der Waals surface area contributed by atoms with E-state index in [1.165, 1.54) is 32.4 Å². The minimum atomic E-state index is -4.80. The van der Waals surface area contributed by atoms with E-state index in [2.05, 4.69) is 15.0 Å². The number of benzene rings is 2. The third kappa shape index (κ3) is 7.04. The second-order valence-corrected chi connectivity index (χ2v) is 5.06. The van der Waals surface area contributed by atoms with Gasteiger partial charge in [0.2, 0.25) is 0 Å². The smallest absolute Gasteiger partial charge is 0.493 e. The van der Waals surface area contributed by atoms with Crippen LogP contribution in [0.2, 0.25) is 0 Å². The highest BCUT2D eigenvalue weighted by Gasteiger charge is 2.32. The molecule has 0 heterocycles. The summed E-state index contributed by atoms with van der Waals surface area (Å²) in [6.07, 6.45) is -4.80. The second-order valence-electron chi connectivity index (χ2n) is 5.06. The van der Waals surface area contributed by atoms with Crippen LogP contribution in [0.15, 0.2) is 47.5 Å². The lowest BCUT2D eigenvalue weighted by molar-refractivity contribution is -0.274. The van der Waals surface area contributed by atoms with Crippen molar-refractivity contribution in [3.05, 3.63) is 48.0 Å². The number of hydrogen-bond acceptors (Lipinski definition) is 4. The lowest BCUT2D eigenvalue weighted by atomic mass is 10.2. The number of nitrogens with two attached hydrogens (primary N) is 1. The summed E-state index contributed by atoms with van der Waals surface area (Å²) < 4.78 is 51.6. The number of halogens is 4. The number of rotatable bonds is 6. The summed E-state index contributed by atoms with van der Waals surface area (Å²) in [5.41, 5.74) is 6.60. The topological polar surface area (TPSA) is 78.1 Å². The molecular formula is C17H19F3IN3O3. The summed E-state index contributed by atoms with van der Waals surface area (Å²) in [4.78, 5) is 4.11. The molecule has 10 heteroatoms. The Hall–Kier alpha value is -2.37. The zero-order chi connectivity index (χ0) is 19.2. The molecule has 0 bridgehead atoms. The molecule has 0 saturated carbocycles. The van der Waals surface area contributed by atoms with Crippen molar-refractivity contribution in [1.29, 1.82) is 0 Å². The number of para-hydroxylation sites is 2. The number of methoxy groups -OCH3 is 2. The maximum absolute atomic E-state index is 12.4. The molecule has 0 fully saturated rings. The lowest BCUT2D eigenvalue weighted by Gasteiger charge is -2.14. The van der Waals surface area contributed by atoms with E-state index in [9.17, 15) is 13.2 Å². The highest BCUT2D eigenvalue weighted by molar-refractivity contribution is 14.0. The molecule has 0 saturated heterocycles. The summed E-state index contributed by atoms with van der Waals surface area (Å²) in [5.74, 6) is 0.655. The van der Waals surface area contributed by atoms with Crippen molar-refractivity contribution in [3.63, 3.8) is 0 Å². The molecule has 148 valence electrons. The highest BCUT2D eigenvalue weighted by Crippen LogP contribution is 2.30. The number of guanidine groups is 1. The summed E-state index contributed by atoms with van der Waals surface area (Å²) in [6, 6.07) is 10.8. The number of anilines is 1. The molecule has 0 radical (unpaired) electrons. The molecule has 6 nitrogen and oxygen atoms in total. The molecule has 0 atom stereocenters. The molecule has 0 spiro atoms. The van der Waals surface area contributed by atoms with Crippen molar-refractivity contribution < 1.29 is 27.4 Å². The van der Waals surface area contributed by atoms with E-state index in [0.717, 1.165) is 5.56 Å². The normalized spacial score (nSPS) is 11.4. The Balaban J connectivity index is 0.00000364. The quantitative estimate of drug-likeness (QED) is 0.357. The number of aliphatic imine (C=N–C) groups is 1. The van der Waals surface area contributed by atoms with Crippen LogP contribution >= 0.6 is 24.0 Å². The van der Waals surface area contributed by atoms with Crippen LogP contribution in [-0.2, 0) is 6.54 Å². The van der Waals surface area contributed by atoms with Crippen molar-refractivity contribution >= 4 is 35.6 Å². The van der Waals surface area contributed by atoms with Crippen molar-refractivity contribution in [1.82, 2.24) is 0 Å². The van der Waals surface area contributed by atoms with E-state index in [1.807, 2.05) is 0 Å². The van der Waals surface area contributed by atoms with Gasteiger partial charge in [-0.2, -0.15) is 0 Å². The van der Waals surface area contributed by atoms with Gasteiger partial charge in [-0.15, -0.1) is 37.1 Å². The minimum Gasteiger partial charge on any atom is -0.493 e. The van der Waals surface area contributed by atoms with Crippen LogP contribution in [0.4, 0.5) is 18.9 Å². The molecular weight excluding hydrogens is 478 g/mol. The first-order chi connectivity index (χ1) is 12.3. The van der Waals surface area contributed by atoms with Crippen LogP contribution in [-0.4, -0.2) is 26.5 Å². The van der Waals surface area contributed by atoms with Gasteiger partial charge in [-0.3, -0.25) is 0 Å². The van der Waals surface area contributed by atoms with E-state index in [0.29, 0.717) is 11.5 Å². The second kappa shape index (κ2) is 10.1. The Labute approximate surface area is 171 Å². The number of hydrogen-bond donors (Lipinski definition) is 2. The number of ether oxygens (including phenoxy) is 3. The van der Waals surface area contributed by atoms with Gasteiger partial charge < -0.3 is 25.3 Å². The van der Waals surface area contributed by atoms with Crippen LogP contribution in [0.1, 0.15) is 5.56 Å². The number of nitrogens with zero attached hydrogens (tertiary/aromatic N) is 1. The third-order valence-corrected chi connectivity index (χ3v) is 3.26. The molecule has 0 aliphatic heterocycles. The first-order valence-electron chi connectivity index (χ1n) is 7.45. The number of nitrogens with one attached hydrogen (secondary N) is 1. The zero-order valence-corrected chi connectivity index (χ0v) is 16.9. The van der Waals surface area contributed by atoms with Gasteiger partial charge in [0.05, 0.1) is 26.5 Å². The van der Waals surface area contributed by atoms with Gasteiger partial charge in [0.25, 0.3) is 0 Å². The monoisotopic (exact) mass is 497 g/mol. The van der Waals surface area contributed by atoms with Crippen LogP contribution in [0.25, 0.3) is 0 Å². The Kier molecular flexibility index (Phi) is 8.47. The maximum atomic E-state index is 12.4. The van der Waals surface area contributed by atoms with Crippen molar-refractivity contribution in [3.8, 4) is 17.2 Å². The van der Waals surface area contributed by atoms with Crippen molar-refractivity contribution in [2.24, 2.45) is 10.7 Å². The predicted molar refractivity (Wildman–Crippen MR) is 107 cm³/mol. The first-order valence-corrected chi connectivity index (χ1v) is 7.45. The number of alkyl halides is 3. The van der Waals surface area contributed by atoms with Crippen LogP contribution in [0.5, 0.6) is 17.2 Å². The average molecular weight is 497 g/mol. The molecule has 0 aliphatic rings. The van der Waals surface area contributed by atoms with Crippen LogP contribution < -0.4 is 25.3 Å². The van der Waals surface area contributed by atoms with Gasteiger partial charge in [0, 0.05) is 0 Å². The van der Waals surface area contributed by atoms with Crippen molar-refractivity contribution in [2.75, 3.05) is 19.5 Å². The summed E-state index contributed by atoms with van der Waals surface area (Å²) in [7, 11) is 3.04. The van der Waals surface area contributed by atoms with E-state index in [1.54, 1.807) is 24.3 Å². The molecule has 0 aromatic heterocycles. The van der Waals surface area contributed by atoms with Gasteiger partial charge in [-0.25, -0.2) is 4.99 Å². The highest BCUT2D eigenvalue weighted by atomic mass is 127. The lowest BCUT2D eigenvalue weighted by Crippen LogP contribution is -2.24. The summed E-state index contributed by atoms with van der Waals surface area (Å²) in [5, 5.41) is 2.60. The largest absolute Gasteiger partial charge is 0.573 e. The molecule has 27 heavy (non-hydrogen) atoms. The fraction of sp³-hybridized carbons (Fsp3) is 0.235. The van der Waals surface area contributed by atoms with Crippen LogP contribution in [0, 0.1) is 0 Å². The molecule has 0 amide bonds. The summed E-state index contributed by atoms with van der Waals surface area (Å²) >= 11 is 0. The van der Waals surface area contributed by atoms with E-state index >= 15 is 0 Å². The Morgan fingerprint density at radius 2 is 1.70 bits per heavy atom. The minimum absolute atomic E-state index is 0. The Bertz CT molecular complexity index is 786. The van der Waals surface area contributed by atoms with Gasteiger partial charge in [-0.05, 0) is 29.8 Å². The van der Waals surface area contributed by atoms with Crippen LogP contribution in [0.3, 0.4) is 0 Å². The Morgan fingerprint density at radius 3 is 2.33 bits per heavy atom. The summed E-state index contributed by atoms with van der Waals surface area (Å²) in [6.45, 7) is 0.196. The maximum Gasteiger partial charge on any atom is 0.573 e. The van der Waals surface area contributed by atoms with Crippen molar-refractivity contribution in [2.45, 2.75) is 12.9 Å². The Morgan fingerprint density at radius 1 is 1.04 bits per heavy atom. The molecule has 2 aromatic rings. The molecule has 2 aromatic carbocycles. The predicted octanol–water partition coefficient (Wildman–Crippen LogP) is 4.15. The first kappa shape index (κ1) is 22.7. The zero-order valence-electron chi connectivity index (χ0n) is 14.5. The fourth-order valence-corrected chi connectivity index (χ4v) is 2.12. The van der Waals surface area contributed by atoms with Gasteiger partial charge >= 0.3 is 6.36 Å². The fourth-order valence-electron chi connectivity index (χ4n) is 2.12. The van der Waals surface area contributed by atoms with E-state index < -0.39 is 12.1 Å². The molecule has 0 aliphatic carbocycles. The average Bonchev–Trinajstić information content (AvgIpc) is 2.60. The van der Waals surface area contributed by atoms with Gasteiger partial charge in [-0.1, -0.05) is 18.2 Å². The molecule has 3 N–H and O–H groups in total. The van der Waals surface area contributed by atoms with Gasteiger partial charge in [0.15, 0.2) is 23.2 Å². The molecule has 0 unspecified atom stereocenters. The standard InChI is InChI=1S/C17H18F3N3O3.HI/c1-24-14-8-7-11(9-15(14)25-2)10-22-16(21)23-12-5-3-4-6-13(12)26-17(18,19)20;/h3-9H,10H2,1-2H3,(H3,21,22,23);1H. The van der Waals surface area contributed by atoms with Gasteiger partial charge in [0.1, 0.15) is 0 Å².